The maximum atomic E-state index is 13.1. The van der Waals surface area contributed by atoms with Crippen LogP contribution >= 0.6 is 0 Å². The molecule has 3 rings (SSSR count). The summed E-state index contributed by atoms with van der Waals surface area (Å²) in [4.78, 5) is 31.8. The van der Waals surface area contributed by atoms with Crippen LogP contribution in [0, 0.1) is 12.8 Å². The SMILES string of the molecule is CCc1onc(C)c1NC(=O)[C@H]1CC(=O)N(CCOC)[C@@H]1c1nccn1C. The van der Waals surface area contributed by atoms with Gasteiger partial charge in [0.25, 0.3) is 0 Å². The van der Waals surface area contributed by atoms with Crippen LogP contribution in [-0.4, -0.2) is 51.7 Å². The van der Waals surface area contributed by atoms with E-state index in [1.165, 1.54) is 0 Å². The average molecular weight is 375 g/mol. The van der Waals surface area contributed by atoms with E-state index >= 15 is 0 Å². The van der Waals surface area contributed by atoms with Gasteiger partial charge in [-0.1, -0.05) is 12.1 Å². The highest BCUT2D eigenvalue weighted by molar-refractivity contribution is 5.98. The summed E-state index contributed by atoms with van der Waals surface area (Å²) in [5.74, 6) is 0.412. The van der Waals surface area contributed by atoms with E-state index in [2.05, 4.69) is 15.5 Å². The van der Waals surface area contributed by atoms with Crippen molar-refractivity contribution in [2.45, 2.75) is 32.7 Å². The number of hydrogen-bond donors (Lipinski definition) is 1. The van der Waals surface area contributed by atoms with Gasteiger partial charge in [-0.2, -0.15) is 0 Å². The molecule has 3 heterocycles. The number of carbonyl (C=O) groups is 2. The average Bonchev–Trinajstić information content (AvgIpc) is 3.31. The fourth-order valence-electron chi connectivity index (χ4n) is 3.49. The van der Waals surface area contributed by atoms with Crippen molar-refractivity contribution in [2.75, 3.05) is 25.6 Å². The van der Waals surface area contributed by atoms with Crippen LogP contribution in [0.4, 0.5) is 5.69 Å². The van der Waals surface area contributed by atoms with Crippen molar-refractivity contribution >= 4 is 17.5 Å². The maximum Gasteiger partial charge on any atom is 0.230 e. The fraction of sp³-hybridized carbons (Fsp3) is 0.556. The molecule has 9 heteroatoms. The van der Waals surface area contributed by atoms with Gasteiger partial charge in [0.2, 0.25) is 11.8 Å². The van der Waals surface area contributed by atoms with Crippen molar-refractivity contribution in [1.29, 1.82) is 0 Å². The molecule has 0 radical (unpaired) electrons. The van der Waals surface area contributed by atoms with Gasteiger partial charge in [0.05, 0.1) is 12.5 Å². The summed E-state index contributed by atoms with van der Waals surface area (Å²) in [6.45, 7) is 4.51. The maximum absolute atomic E-state index is 13.1. The Bertz CT molecular complexity index is 828. The van der Waals surface area contributed by atoms with Gasteiger partial charge < -0.3 is 24.0 Å². The number of rotatable bonds is 7. The summed E-state index contributed by atoms with van der Waals surface area (Å²) < 4.78 is 12.2. The number of anilines is 1. The van der Waals surface area contributed by atoms with Crippen LogP contribution in [0.1, 0.15) is 36.7 Å². The Morgan fingerprint density at radius 1 is 1.48 bits per heavy atom. The zero-order valence-electron chi connectivity index (χ0n) is 16.1. The largest absolute Gasteiger partial charge is 0.383 e. The molecule has 0 saturated carbocycles. The van der Waals surface area contributed by atoms with Gasteiger partial charge in [-0.25, -0.2) is 4.98 Å². The second-order valence-corrected chi connectivity index (χ2v) is 6.64. The minimum Gasteiger partial charge on any atom is -0.383 e. The van der Waals surface area contributed by atoms with Crippen molar-refractivity contribution in [3.8, 4) is 0 Å². The predicted octanol–water partition coefficient (Wildman–Crippen LogP) is 1.45. The third-order valence-electron chi connectivity index (χ3n) is 4.93. The first-order valence-electron chi connectivity index (χ1n) is 8.99. The molecule has 1 aliphatic heterocycles. The standard InChI is InChI=1S/C18H25N5O4/c1-5-13-15(11(2)21-27-13)20-18(25)12-10-14(24)23(8-9-26-4)16(12)17-19-6-7-22(17)3/h6-7,12,16H,5,8-10H2,1-4H3,(H,20,25)/t12-,16-/m0/s1. The molecule has 1 saturated heterocycles. The van der Waals surface area contributed by atoms with Gasteiger partial charge in [-0.05, 0) is 6.92 Å². The Morgan fingerprint density at radius 2 is 2.26 bits per heavy atom. The van der Waals surface area contributed by atoms with Gasteiger partial charge in [0, 0.05) is 45.9 Å². The molecular formula is C18H25N5O4. The van der Waals surface area contributed by atoms with Gasteiger partial charge in [0.15, 0.2) is 5.76 Å². The number of ether oxygens (including phenoxy) is 1. The number of nitrogens with one attached hydrogen (secondary N) is 1. The predicted molar refractivity (Wildman–Crippen MR) is 96.9 cm³/mol. The number of nitrogens with zero attached hydrogens (tertiary/aromatic N) is 4. The zero-order chi connectivity index (χ0) is 19.6. The summed E-state index contributed by atoms with van der Waals surface area (Å²) in [5.41, 5.74) is 1.21. The minimum absolute atomic E-state index is 0.0852. The van der Waals surface area contributed by atoms with Crippen LogP contribution in [-0.2, 0) is 27.8 Å². The van der Waals surface area contributed by atoms with Gasteiger partial charge >= 0.3 is 0 Å². The first-order chi connectivity index (χ1) is 13.0. The highest BCUT2D eigenvalue weighted by Crippen LogP contribution is 2.38. The molecule has 0 bridgehead atoms. The number of aromatic nitrogens is 3. The molecule has 2 aromatic rings. The van der Waals surface area contributed by atoms with E-state index < -0.39 is 12.0 Å². The molecule has 9 nitrogen and oxygen atoms in total. The van der Waals surface area contributed by atoms with E-state index in [1.54, 1.807) is 31.3 Å². The number of likely N-dealkylation sites (tertiary alicyclic amines) is 1. The topological polar surface area (TPSA) is 102 Å². The summed E-state index contributed by atoms with van der Waals surface area (Å²) in [7, 11) is 3.44. The van der Waals surface area contributed by atoms with E-state index in [0.717, 1.165) is 0 Å². The number of methoxy groups -OCH3 is 1. The van der Waals surface area contributed by atoms with Crippen LogP contribution in [0.3, 0.4) is 0 Å². The third-order valence-corrected chi connectivity index (χ3v) is 4.93. The summed E-state index contributed by atoms with van der Waals surface area (Å²) in [6, 6.07) is -0.446. The van der Waals surface area contributed by atoms with Gasteiger partial charge in [0.1, 0.15) is 23.2 Å². The highest BCUT2D eigenvalue weighted by atomic mass is 16.5. The van der Waals surface area contributed by atoms with Crippen molar-refractivity contribution in [2.24, 2.45) is 13.0 Å². The Hall–Kier alpha value is -2.68. The van der Waals surface area contributed by atoms with Crippen LogP contribution < -0.4 is 5.32 Å². The van der Waals surface area contributed by atoms with Gasteiger partial charge in [-0.15, -0.1) is 0 Å². The molecule has 2 atom stereocenters. The van der Waals surface area contributed by atoms with Crippen LogP contribution in [0.25, 0.3) is 0 Å². The number of imidazole rings is 1. The lowest BCUT2D eigenvalue weighted by Gasteiger charge is -2.27. The van der Waals surface area contributed by atoms with Crippen molar-refractivity contribution in [3.05, 3.63) is 29.7 Å². The second-order valence-electron chi connectivity index (χ2n) is 6.64. The van der Waals surface area contributed by atoms with E-state index in [-0.39, 0.29) is 18.2 Å². The molecule has 0 spiro atoms. The molecule has 1 fully saturated rings. The molecule has 1 aliphatic rings. The summed E-state index contributed by atoms with van der Waals surface area (Å²) in [5, 5.41) is 6.84. The summed E-state index contributed by atoms with van der Waals surface area (Å²) >= 11 is 0. The van der Waals surface area contributed by atoms with Gasteiger partial charge in [-0.3, -0.25) is 9.59 Å². The molecule has 0 aromatic carbocycles. The van der Waals surface area contributed by atoms with Crippen molar-refractivity contribution < 1.29 is 18.8 Å². The normalized spacial score (nSPS) is 19.7. The Labute approximate surface area is 157 Å². The lowest BCUT2D eigenvalue weighted by atomic mass is 9.98. The summed E-state index contributed by atoms with van der Waals surface area (Å²) in [6.07, 6.45) is 4.21. The van der Waals surface area contributed by atoms with Crippen LogP contribution in [0.2, 0.25) is 0 Å². The van der Waals surface area contributed by atoms with Crippen LogP contribution in [0.5, 0.6) is 0 Å². The van der Waals surface area contributed by atoms with Crippen molar-refractivity contribution in [1.82, 2.24) is 19.6 Å². The van der Waals surface area contributed by atoms with Crippen molar-refractivity contribution in [3.63, 3.8) is 0 Å². The fourth-order valence-corrected chi connectivity index (χ4v) is 3.49. The Kier molecular flexibility index (Phi) is 5.59. The zero-order valence-corrected chi connectivity index (χ0v) is 16.1. The number of aryl methyl sites for hydroxylation is 3. The van der Waals surface area contributed by atoms with E-state index in [4.69, 9.17) is 9.26 Å². The lowest BCUT2D eigenvalue weighted by Crippen LogP contribution is -2.36. The number of carbonyl (C=O) groups excluding carboxylic acids is 2. The minimum atomic E-state index is -0.561. The second kappa shape index (κ2) is 7.91. The third kappa shape index (κ3) is 3.59. The highest BCUT2D eigenvalue weighted by Gasteiger charge is 2.46. The number of amides is 2. The van der Waals surface area contributed by atoms with Crippen LogP contribution in [0.15, 0.2) is 16.9 Å². The molecule has 146 valence electrons. The molecule has 0 unspecified atom stereocenters. The first kappa shape index (κ1) is 19.1. The lowest BCUT2D eigenvalue weighted by molar-refractivity contribution is -0.129. The first-order valence-corrected chi connectivity index (χ1v) is 8.99. The molecule has 2 amide bonds. The van der Waals surface area contributed by atoms with E-state index in [0.29, 0.717) is 42.5 Å². The Morgan fingerprint density at radius 3 is 2.89 bits per heavy atom. The molecule has 1 N–H and O–H groups in total. The molecular weight excluding hydrogens is 350 g/mol. The molecule has 2 aromatic heterocycles. The quantitative estimate of drug-likeness (QED) is 0.786. The number of hydrogen-bond acceptors (Lipinski definition) is 6. The Balaban J connectivity index is 1.90. The monoisotopic (exact) mass is 375 g/mol. The molecule has 0 aliphatic carbocycles. The van der Waals surface area contributed by atoms with E-state index in [9.17, 15) is 9.59 Å². The van der Waals surface area contributed by atoms with E-state index in [1.807, 2.05) is 18.5 Å². The smallest absolute Gasteiger partial charge is 0.230 e. The molecule has 27 heavy (non-hydrogen) atoms.